The van der Waals surface area contributed by atoms with E-state index in [9.17, 15) is 0 Å². The maximum absolute atomic E-state index is 2.50. The fourth-order valence-electron chi connectivity index (χ4n) is 1.81. The van der Waals surface area contributed by atoms with Gasteiger partial charge in [0.15, 0.2) is 0 Å². The van der Waals surface area contributed by atoms with Crippen molar-refractivity contribution in [3.05, 3.63) is 0 Å². The summed E-state index contributed by atoms with van der Waals surface area (Å²) in [5.41, 5.74) is 0. The van der Waals surface area contributed by atoms with Gasteiger partial charge < -0.3 is 0 Å². The summed E-state index contributed by atoms with van der Waals surface area (Å²) in [5.74, 6) is 2.44. The van der Waals surface area contributed by atoms with Crippen molar-refractivity contribution in [2.24, 2.45) is 5.92 Å². The third kappa shape index (κ3) is 0.987. The van der Waals surface area contributed by atoms with Gasteiger partial charge >= 0.3 is 0 Å². The second-order valence-electron chi connectivity index (χ2n) is 3.17. The van der Waals surface area contributed by atoms with Crippen LogP contribution in [0.2, 0.25) is 0 Å². The number of piperidine rings is 1. The largest absolute Gasteiger partial charge is 0.294 e. The van der Waals surface area contributed by atoms with Crippen molar-refractivity contribution < 1.29 is 0 Å². The van der Waals surface area contributed by atoms with Crippen LogP contribution in [0.1, 0.15) is 12.8 Å². The summed E-state index contributed by atoms with van der Waals surface area (Å²) >= 11 is 2.15. The van der Waals surface area contributed by atoms with Crippen LogP contribution in [0.15, 0.2) is 0 Å². The predicted octanol–water partition coefficient (Wildman–Crippen LogP) is 1.40. The molecule has 0 spiro atoms. The lowest BCUT2D eigenvalue weighted by molar-refractivity contribution is 0.188. The molecule has 2 heteroatoms. The second-order valence-corrected chi connectivity index (χ2v) is 4.38. The van der Waals surface area contributed by atoms with Crippen LogP contribution < -0.4 is 0 Å². The molecule has 3 aliphatic heterocycles. The van der Waals surface area contributed by atoms with Crippen LogP contribution in [0.25, 0.3) is 0 Å². The molecule has 9 heavy (non-hydrogen) atoms. The smallest absolute Gasteiger partial charge is 0.0554 e. The molecule has 3 saturated heterocycles. The SMILES string of the molecule is CN1CC2CCC1SC2. The van der Waals surface area contributed by atoms with E-state index in [4.69, 9.17) is 0 Å². The minimum atomic E-state index is 0.870. The minimum Gasteiger partial charge on any atom is -0.294 e. The first-order valence-electron chi connectivity index (χ1n) is 3.68. The van der Waals surface area contributed by atoms with Gasteiger partial charge in [0, 0.05) is 6.54 Å². The molecule has 0 aromatic heterocycles. The number of nitrogens with zero attached hydrogens (tertiary/aromatic N) is 1. The Morgan fingerprint density at radius 1 is 1.44 bits per heavy atom. The topological polar surface area (TPSA) is 3.24 Å². The van der Waals surface area contributed by atoms with Crippen molar-refractivity contribution in [1.29, 1.82) is 0 Å². The van der Waals surface area contributed by atoms with Crippen molar-refractivity contribution in [3.63, 3.8) is 0 Å². The van der Waals surface area contributed by atoms with Gasteiger partial charge in [-0.25, -0.2) is 0 Å². The molecule has 3 fully saturated rings. The van der Waals surface area contributed by atoms with Gasteiger partial charge in [-0.3, -0.25) is 4.90 Å². The zero-order chi connectivity index (χ0) is 6.27. The van der Waals surface area contributed by atoms with Gasteiger partial charge in [0.25, 0.3) is 0 Å². The third-order valence-corrected chi connectivity index (χ3v) is 4.03. The molecule has 3 heterocycles. The van der Waals surface area contributed by atoms with Gasteiger partial charge in [0.05, 0.1) is 5.37 Å². The Balaban J connectivity index is 2.06. The van der Waals surface area contributed by atoms with E-state index in [1.165, 1.54) is 25.1 Å². The predicted molar refractivity (Wildman–Crippen MR) is 41.6 cm³/mol. The lowest BCUT2D eigenvalue weighted by Gasteiger charge is -2.42. The highest BCUT2D eigenvalue weighted by atomic mass is 32.2. The average Bonchev–Trinajstić information content (AvgIpc) is 1.90. The summed E-state index contributed by atoms with van der Waals surface area (Å²) in [6.07, 6.45) is 2.92. The first-order chi connectivity index (χ1) is 4.36. The Hall–Kier alpha value is 0.310. The standard InChI is InChI=1S/C7H13NS/c1-8-4-6-2-3-7(8)9-5-6/h6-7H,2-5H2,1H3. The van der Waals surface area contributed by atoms with Crippen LogP contribution in [0, 0.1) is 5.92 Å². The van der Waals surface area contributed by atoms with E-state index in [1.807, 2.05) is 0 Å². The van der Waals surface area contributed by atoms with Crippen molar-refractivity contribution in [2.75, 3.05) is 19.3 Å². The highest BCUT2D eigenvalue weighted by molar-refractivity contribution is 7.99. The lowest BCUT2D eigenvalue weighted by Crippen LogP contribution is -2.44. The number of hydrogen-bond donors (Lipinski definition) is 0. The fourth-order valence-corrected chi connectivity index (χ4v) is 3.22. The van der Waals surface area contributed by atoms with Crippen molar-refractivity contribution in [3.8, 4) is 0 Å². The molecule has 0 saturated carbocycles. The molecule has 0 aromatic carbocycles. The Labute approximate surface area is 60.8 Å². The van der Waals surface area contributed by atoms with E-state index < -0.39 is 0 Å². The summed E-state index contributed by atoms with van der Waals surface area (Å²) in [7, 11) is 2.25. The highest BCUT2D eigenvalue weighted by Crippen LogP contribution is 2.36. The van der Waals surface area contributed by atoms with Crippen LogP contribution in [-0.2, 0) is 0 Å². The molecule has 0 N–H and O–H groups in total. The lowest BCUT2D eigenvalue weighted by atomic mass is 10.00. The van der Waals surface area contributed by atoms with Crippen LogP contribution in [0.5, 0.6) is 0 Å². The minimum absolute atomic E-state index is 0.870. The average molecular weight is 143 g/mol. The van der Waals surface area contributed by atoms with Crippen molar-refractivity contribution >= 4 is 11.8 Å². The Morgan fingerprint density at radius 2 is 2.33 bits per heavy atom. The summed E-state index contributed by atoms with van der Waals surface area (Å²) in [5, 5.41) is 0.870. The normalized spacial score (nSPS) is 43.7. The summed E-state index contributed by atoms with van der Waals surface area (Å²) < 4.78 is 0. The van der Waals surface area contributed by atoms with Gasteiger partial charge in [-0.05, 0) is 31.6 Å². The molecule has 2 unspecified atom stereocenters. The van der Waals surface area contributed by atoms with Crippen molar-refractivity contribution in [2.45, 2.75) is 18.2 Å². The molecule has 52 valence electrons. The maximum Gasteiger partial charge on any atom is 0.0554 e. The van der Waals surface area contributed by atoms with Gasteiger partial charge in [-0.1, -0.05) is 0 Å². The van der Waals surface area contributed by atoms with E-state index in [-0.39, 0.29) is 0 Å². The van der Waals surface area contributed by atoms with E-state index in [0.29, 0.717) is 0 Å². The molecule has 0 aliphatic carbocycles. The number of rotatable bonds is 0. The molecule has 3 aliphatic rings. The molecule has 2 atom stereocenters. The fraction of sp³-hybridized carbons (Fsp3) is 1.00. The molecule has 1 nitrogen and oxygen atoms in total. The molecule has 0 radical (unpaired) electrons. The molecular formula is C7H13NS. The maximum atomic E-state index is 2.50. The Morgan fingerprint density at radius 3 is 2.56 bits per heavy atom. The highest BCUT2D eigenvalue weighted by Gasteiger charge is 2.31. The molecule has 2 bridgehead atoms. The summed E-state index contributed by atoms with van der Waals surface area (Å²) in [6, 6.07) is 0. The molecule has 0 amide bonds. The number of thioether (sulfide) groups is 1. The van der Waals surface area contributed by atoms with Crippen molar-refractivity contribution in [1.82, 2.24) is 4.90 Å². The molecule has 0 aromatic rings. The van der Waals surface area contributed by atoms with E-state index >= 15 is 0 Å². The first kappa shape index (κ1) is 6.05. The van der Waals surface area contributed by atoms with Crippen LogP contribution in [0.3, 0.4) is 0 Å². The second kappa shape index (κ2) is 2.17. The third-order valence-electron chi connectivity index (χ3n) is 2.38. The van der Waals surface area contributed by atoms with Gasteiger partial charge in [-0.2, -0.15) is 0 Å². The molecule has 3 rings (SSSR count). The zero-order valence-electron chi connectivity index (χ0n) is 5.84. The van der Waals surface area contributed by atoms with Crippen LogP contribution in [0.4, 0.5) is 0 Å². The Kier molecular flexibility index (Phi) is 1.46. The van der Waals surface area contributed by atoms with Gasteiger partial charge in [0.2, 0.25) is 0 Å². The van der Waals surface area contributed by atoms with E-state index in [0.717, 1.165) is 11.3 Å². The van der Waals surface area contributed by atoms with Crippen LogP contribution >= 0.6 is 11.8 Å². The van der Waals surface area contributed by atoms with E-state index in [2.05, 4.69) is 23.7 Å². The Bertz CT molecular complexity index is 107. The summed E-state index contributed by atoms with van der Waals surface area (Å²) in [4.78, 5) is 2.50. The molecular weight excluding hydrogens is 130 g/mol. The van der Waals surface area contributed by atoms with Gasteiger partial charge in [-0.15, -0.1) is 11.8 Å². The van der Waals surface area contributed by atoms with Gasteiger partial charge in [0.1, 0.15) is 0 Å². The number of hydrogen-bond acceptors (Lipinski definition) is 2. The quantitative estimate of drug-likeness (QED) is 0.504. The summed E-state index contributed by atoms with van der Waals surface area (Å²) in [6.45, 7) is 1.36. The number of fused-ring (bicyclic) bond motifs is 3. The first-order valence-corrected chi connectivity index (χ1v) is 4.73. The zero-order valence-corrected chi connectivity index (χ0v) is 6.66. The van der Waals surface area contributed by atoms with E-state index in [1.54, 1.807) is 0 Å². The van der Waals surface area contributed by atoms with Crippen LogP contribution in [-0.4, -0.2) is 29.6 Å². The monoisotopic (exact) mass is 143 g/mol.